The van der Waals surface area contributed by atoms with E-state index in [2.05, 4.69) is 40.3 Å². The lowest BCUT2D eigenvalue weighted by molar-refractivity contribution is -0.116. The molecule has 0 fully saturated rings. The van der Waals surface area contributed by atoms with E-state index < -0.39 is 0 Å². The fourth-order valence-corrected chi connectivity index (χ4v) is 5.47. The van der Waals surface area contributed by atoms with Crippen molar-refractivity contribution in [3.05, 3.63) is 81.7 Å². The Hall–Kier alpha value is -3.25. The molecule has 1 aliphatic heterocycles. The Labute approximate surface area is 198 Å². The minimum atomic E-state index is -0.152. The zero-order chi connectivity index (χ0) is 22.9. The number of hydrogen-bond donors (Lipinski definition) is 2. The highest BCUT2D eigenvalue weighted by Gasteiger charge is 2.36. The van der Waals surface area contributed by atoms with Crippen molar-refractivity contribution in [3.8, 4) is 11.5 Å². The summed E-state index contributed by atoms with van der Waals surface area (Å²) in [5.74, 6) is 1.67. The van der Waals surface area contributed by atoms with E-state index in [0.717, 1.165) is 45.3 Å². The van der Waals surface area contributed by atoms with Crippen molar-refractivity contribution in [2.24, 2.45) is 0 Å². The molecule has 1 aliphatic carbocycles. The Balaban J connectivity index is 1.53. The van der Waals surface area contributed by atoms with Crippen LogP contribution in [0.5, 0.6) is 11.5 Å². The molecule has 5 rings (SSSR count). The maximum Gasteiger partial charge on any atom is 0.163 e. The molecule has 2 unspecified atom stereocenters. The van der Waals surface area contributed by atoms with Crippen LogP contribution in [0.25, 0.3) is 0 Å². The van der Waals surface area contributed by atoms with E-state index in [1.165, 1.54) is 0 Å². The van der Waals surface area contributed by atoms with Crippen molar-refractivity contribution in [2.75, 3.05) is 17.7 Å². The Morgan fingerprint density at radius 1 is 1.00 bits per heavy atom. The second kappa shape index (κ2) is 8.94. The second-order valence-corrected chi connectivity index (χ2v) is 9.74. The number of methoxy groups -OCH3 is 1. The third-order valence-corrected chi connectivity index (χ3v) is 7.10. The number of nitrogens with one attached hydrogen (secondary N) is 2. The van der Waals surface area contributed by atoms with Gasteiger partial charge in [-0.3, -0.25) is 4.79 Å². The highest BCUT2D eigenvalue weighted by atomic mass is 32.1. The van der Waals surface area contributed by atoms with Gasteiger partial charge in [-0.2, -0.15) is 0 Å². The highest BCUT2D eigenvalue weighted by molar-refractivity contribution is 7.10. The smallest absolute Gasteiger partial charge is 0.163 e. The lowest BCUT2D eigenvalue weighted by Crippen LogP contribution is -2.26. The summed E-state index contributed by atoms with van der Waals surface area (Å²) in [6, 6.07) is 18.1. The largest absolute Gasteiger partial charge is 0.493 e. The van der Waals surface area contributed by atoms with Crippen molar-refractivity contribution < 1.29 is 14.3 Å². The minimum absolute atomic E-state index is 0.0608. The first-order valence-corrected chi connectivity index (χ1v) is 12.2. The zero-order valence-corrected chi connectivity index (χ0v) is 19.9. The number of carbonyl (C=O) groups excluding carboxylic acids is 1. The quantitative estimate of drug-likeness (QED) is 0.454. The van der Waals surface area contributed by atoms with Crippen LogP contribution in [-0.2, 0) is 4.79 Å². The van der Waals surface area contributed by atoms with Gasteiger partial charge in [-0.05, 0) is 67.5 Å². The van der Waals surface area contributed by atoms with Crippen molar-refractivity contribution in [1.82, 2.24) is 0 Å². The number of anilines is 2. The Morgan fingerprint density at radius 3 is 2.55 bits per heavy atom. The normalized spacial score (nSPS) is 19.8. The van der Waals surface area contributed by atoms with Crippen LogP contribution in [0.15, 0.2) is 71.2 Å². The van der Waals surface area contributed by atoms with Crippen LogP contribution >= 0.6 is 11.3 Å². The number of carbonyl (C=O) groups is 1. The van der Waals surface area contributed by atoms with Gasteiger partial charge < -0.3 is 20.1 Å². The average molecular weight is 461 g/mol. The number of ketones is 1. The number of para-hydroxylation sites is 2. The van der Waals surface area contributed by atoms with Gasteiger partial charge in [0.1, 0.15) is 0 Å². The number of ether oxygens (including phenoxy) is 2. The third kappa shape index (κ3) is 4.23. The first-order chi connectivity index (χ1) is 16.0. The SMILES string of the molecule is COc1cc(C2CC(=O)C3=C(C2)Nc2ccccc2NC3c2cccs2)ccc1OC(C)C. The van der Waals surface area contributed by atoms with E-state index in [4.69, 9.17) is 9.47 Å². The van der Waals surface area contributed by atoms with Gasteiger partial charge in [-0.25, -0.2) is 0 Å². The van der Waals surface area contributed by atoms with Gasteiger partial charge in [0.2, 0.25) is 0 Å². The van der Waals surface area contributed by atoms with E-state index in [9.17, 15) is 4.79 Å². The van der Waals surface area contributed by atoms with Gasteiger partial charge in [0.05, 0.1) is 30.6 Å². The molecule has 170 valence electrons. The molecule has 33 heavy (non-hydrogen) atoms. The average Bonchev–Trinajstić information content (AvgIpc) is 3.28. The number of fused-ring (bicyclic) bond motifs is 1. The van der Waals surface area contributed by atoms with E-state index >= 15 is 0 Å². The van der Waals surface area contributed by atoms with Crippen LogP contribution < -0.4 is 20.1 Å². The van der Waals surface area contributed by atoms with E-state index in [1.54, 1.807) is 18.4 Å². The number of rotatable bonds is 5. The topological polar surface area (TPSA) is 59.6 Å². The lowest BCUT2D eigenvalue weighted by atomic mass is 9.79. The van der Waals surface area contributed by atoms with Gasteiger partial charge >= 0.3 is 0 Å². The van der Waals surface area contributed by atoms with Gasteiger partial charge in [-0.1, -0.05) is 24.3 Å². The molecule has 3 aromatic rings. The van der Waals surface area contributed by atoms with Crippen LogP contribution in [0.1, 0.15) is 49.1 Å². The molecule has 0 radical (unpaired) electrons. The molecule has 0 amide bonds. The highest BCUT2D eigenvalue weighted by Crippen LogP contribution is 2.45. The Kier molecular flexibility index (Phi) is 5.85. The molecule has 2 aromatic carbocycles. The van der Waals surface area contributed by atoms with Crippen LogP contribution in [-0.4, -0.2) is 19.0 Å². The fraction of sp³-hybridized carbons (Fsp3) is 0.296. The number of hydrogen-bond acceptors (Lipinski definition) is 6. The zero-order valence-electron chi connectivity index (χ0n) is 19.1. The summed E-state index contributed by atoms with van der Waals surface area (Å²) in [5, 5.41) is 9.28. The summed E-state index contributed by atoms with van der Waals surface area (Å²) in [6.07, 6.45) is 1.28. The molecule has 2 aliphatic rings. The molecule has 0 bridgehead atoms. The van der Waals surface area contributed by atoms with Gasteiger partial charge in [-0.15, -0.1) is 11.3 Å². The minimum Gasteiger partial charge on any atom is -0.493 e. The summed E-state index contributed by atoms with van der Waals surface area (Å²) in [4.78, 5) is 14.7. The maximum atomic E-state index is 13.6. The Bertz CT molecular complexity index is 1200. The molecule has 6 heteroatoms. The monoisotopic (exact) mass is 460 g/mol. The molecule has 0 saturated carbocycles. The predicted molar refractivity (Wildman–Crippen MR) is 134 cm³/mol. The molecule has 2 N–H and O–H groups in total. The third-order valence-electron chi connectivity index (χ3n) is 6.16. The van der Waals surface area contributed by atoms with Crippen molar-refractivity contribution >= 4 is 28.5 Å². The van der Waals surface area contributed by atoms with E-state index in [-0.39, 0.29) is 23.8 Å². The molecular formula is C27H28N2O3S. The molecule has 0 saturated heterocycles. The predicted octanol–water partition coefficient (Wildman–Crippen LogP) is 6.52. The van der Waals surface area contributed by atoms with Gasteiger partial charge in [0.15, 0.2) is 17.3 Å². The van der Waals surface area contributed by atoms with E-state index in [0.29, 0.717) is 12.2 Å². The summed E-state index contributed by atoms with van der Waals surface area (Å²) in [7, 11) is 1.65. The first-order valence-electron chi connectivity index (χ1n) is 11.3. The van der Waals surface area contributed by atoms with Gasteiger partial charge in [0.25, 0.3) is 0 Å². The van der Waals surface area contributed by atoms with Crippen LogP contribution in [0, 0.1) is 0 Å². The lowest BCUT2D eigenvalue weighted by Gasteiger charge is -2.29. The summed E-state index contributed by atoms with van der Waals surface area (Å²) >= 11 is 1.67. The molecule has 0 spiro atoms. The van der Waals surface area contributed by atoms with Crippen molar-refractivity contribution in [3.63, 3.8) is 0 Å². The Morgan fingerprint density at radius 2 is 1.82 bits per heavy atom. The molecule has 2 heterocycles. The van der Waals surface area contributed by atoms with Gasteiger partial charge in [0, 0.05) is 22.6 Å². The van der Waals surface area contributed by atoms with Crippen LogP contribution in [0.4, 0.5) is 11.4 Å². The standard InChI is InChI=1S/C27H28N2O3S/c1-16(2)32-23-11-10-17(15-24(23)31-3)18-13-21-26(22(30)14-18)27(25-9-6-12-33-25)29-20-8-5-4-7-19(20)28-21/h4-12,15-16,18,27-29H,13-14H2,1-3H3. The van der Waals surface area contributed by atoms with Crippen LogP contribution in [0.2, 0.25) is 0 Å². The summed E-state index contributed by atoms with van der Waals surface area (Å²) in [5.41, 5.74) is 4.93. The first kappa shape index (κ1) is 21.6. The number of allylic oxidation sites excluding steroid dienone is 1. The summed E-state index contributed by atoms with van der Waals surface area (Å²) in [6.45, 7) is 3.99. The number of thiophene rings is 1. The maximum absolute atomic E-state index is 13.6. The van der Waals surface area contributed by atoms with Crippen LogP contribution in [0.3, 0.4) is 0 Å². The fourth-order valence-electron chi connectivity index (χ4n) is 4.69. The van der Waals surface area contributed by atoms with Crippen molar-refractivity contribution in [1.29, 1.82) is 0 Å². The molecule has 5 nitrogen and oxygen atoms in total. The molecule has 2 atom stereocenters. The number of benzene rings is 2. The second-order valence-electron chi connectivity index (χ2n) is 8.76. The summed E-state index contributed by atoms with van der Waals surface area (Å²) < 4.78 is 11.5. The molecule has 1 aromatic heterocycles. The molecular weight excluding hydrogens is 432 g/mol. The number of Topliss-reactive ketones (excluding diaryl/α,β-unsaturated/α-hetero) is 1. The van der Waals surface area contributed by atoms with Crippen molar-refractivity contribution in [2.45, 2.75) is 44.8 Å². The van der Waals surface area contributed by atoms with E-state index in [1.807, 2.05) is 44.2 Å².